The van der Waals surface area contributed by atoms with E-state index in [2.05, 4.69) is 10.2 Å². The highest BCUT2D eigenvalue weighted by Gasteiger charge is 2.50. The second-order valence-electron chi connectivity index (χ2n) is 9.46. The minimum atomic E-state index is -0.751. The van der Waals surface area contributed by atoms with Gasteiger partial charge in [-0.2, -0.15) is 0 Å². The van der Waals surface area contributed by atoms with E-state index in [4.69, 9.17) is 21.1 Å². The molecule has 2 aromatic rings. The fraction of sp³-hybridized carbons (Fsp3) is 0.522. The number of rotatable bonds is 4. The number of benzene rings is 1. The Morgan fingerprint density at radius 2 is 2.06 bits per heavy atom. The van der Waals surface area contributed by atoms with Crippen molar-refractivity contribution in [2.75, 3.05) is 19.7 Å². The Kier molecular flexibility index (Phi) is 6.37. The number of amides is 1. The number of ether oxygens (including phenoxy) is 2. The fourth-order valence-electron chi connectivity index (χ4n) is 4.41. The summed E-state index contributed by atoms with van der Waals surface area (Å²) in [6, 6.07) is 2.11. The predicted molar refractivity (Wildman–Crippen MR) is 128 cm³/mol. The van der Waals surface area contributed by atoms with Gasteiger partial charge in [0.05, 0.1) is 27.6 Å². The van der Waals surface area contributed by atoms with Crippen molar-refractivity contribution in [1.82, 2.24) is 14.8 Å². The van der Waals surface area contributed by atoms with Crippen molar-refractivity contribution < 1.29 is 23.5 Å². The summed E-state index contributed by atoms with van der Waals surface area (Å²) in [7, 11) is 0. The summed E-state index contributed by atoms with van der Waals surface area (Å²) in [5.74, 6) is -1.42. The van der Waals surface area contributed by atoms with Crippen LogP contribution in [-0.4, -0.2) is 52.9 Å². The first-order chi connectivity index (χ1) is 15.9. The number of pyridine rings is 1. The average Bonchev–Trinajstić information content (AvgIpc) is 3.15. The topological polar surface area (TPSA) is 89.9 Å². The van der Waals surface area contributed by atoms with Crippen molar-refractivity contribution >= 4 is 46.3 Å². The molecule has 1 N–H and O–H groups in total. The molecule has 0 bridgehead atoms. The van der Waals surface area contributed by atoms with Gasteiger partial charge in [-0.25, -0.2) is 14.0 Å². The number of nitrogens with zero attached hydrogens (tertiary/aromatic N) is 2. The minimum absolute atomic E-state index is 0.0194. The zero-order chi connectivity index (χ0) is 25.0. The summed E-state index contributed by atoms with van der Waals surface area (Å²) in [5.41, 5.74) is -0.971. The zero-order valence-corrected chi connectivity index (χ0v) is 21.2. The number of likely N-dealkylation sites (tertiary alicyclic amines) is 1. The summed E-state index contributed by atoms with van der Waals surface area (Å²) < 4.78 is 26.5. The van der Waals surface area contributed by atoms with Gasteiger partial charge >= 0.3 is 12.1 Å². The van der Waals surface area contributed by atoms with E-state index >= 15 is 0 Å². The van der Waals surface area contributed by atoms with Crippen LogP contribution in [0.4, 0.5) is 9.18 Å². The van der Waals surface area contributed by atoms with Crippen LogP contribution in [-0.2, 0) is 14.5 Å². The molecule has 11 heteroatoms. The lowest BCUT2D eigenvalue weighted by Gasteiger charge is -2.50. The van der Waals surface area contributed by atoms with Crippen LogP contribution in [0.2, 0.25) is 5.02 Å². The van der Waals surface area contributed by atoms with Crippen LogP contribution in [0.3, 0.4) is 0 Å². The number of carbonyl (C=O) groups is 2. The number of carbonyl (C=O) groups excluding carboxylic acids is 2. The molecule has 4 rings (SSSR count). The second-order valence-corrected chi connectivity index (χ2v) is 11.2. The van der Waals surface area contributed by atoms with E-state index in [9.17, 15) is 18.8 Å². The number of nitrogens with one attached hydrogen (secondary N) is 1. The first-order valence-corrected chi connectivity index (χ1v) is 12.2. The van der Waals surface area contributed by atoms with E-state index in [1.807, 2.05) is 6.92 Å². The van der Waals surface area contributed by atoms with Crippen LogP contribution < -0.4 is 10.7 Å². The molecule has 1 unspecified atom stereocenters. The Bertz CT molecular complexity index is 1240. The average molecular weight is 512 g/mol. The molecule has 1 aromatic heterocycles. The molecule has 0 aliphatic carbocycles. The van der Waals surface area contributed by atoms with Crippen molar-refractivity contribution in [1.29, 1.82) is 0 Å². The maximum atomic E-state index is 14.2. The number of esters is 1. The Morgan fingerprint density at radius 1 is 1.35 bits per heavy atom. The molecule has 2 atom stereocenters. The van der Waals surface area contributed by atoms with Gasteiger partial charge in [-0.15, -0.1) is 0 Å². The molecule has 8 nitrogen and oxygen atoms in total. The number of hydrogen-bond acceptors (Lipinski definition) is 7. The van der Waals surface area contributed by atoms with Gasteiger partial charge in [-0.05, 0) is 53.2 Å². The zero-order valence-electron chi connectivity index (χ0n) is 19.7. The van der Waals surface area contributed by atoms with Gasteiger partial charge in [0.15, 0.2) is 0 Å². The maximum absolute atomic E-state index is 14.2. The molecule has 1 fully saturated rings. The maximum Gasteiger partial charge on any atom is 0.407 e. The van der Waals surface area contributed by atoms with Gasteiger partial charge in [0.1, 0.15) is 22.0 Å². The number of hydrogen-bond donors (Lipinski definition) is 1. The molecule has 1 amide bonds. The summed E-state index contributed by atoms with van der Waals surface area (Å²) in [6.45, 7) is 10.3. The number of aromatic nitrogens is 1. The molecule has 0 spiro atoms. The van der Waals surface area contributed by atoms with Crippen molar-refractivity contribution in [2.24, 2.45) is 0 Å². The standard InChI is InChI=1S/C23H27ClFN3O5S/c1-6-32-20(30)16-18(29)14-9-12(25)10-15(24)17(14)28-19(16)34-23(28,5)27-8-7-13(11-27)26-21(31)33-22(2,3)4/h9-10,13H,6-8,11H2,1-5H3,(H,26,31)/t13-,23?/m1/s1. The quantitative estimate of drug-likeness (QED) is 0.612. The van der Waals surface area contributed by atoms with Crippen LogP contribution in [0, 0.1) is 5.82 Å². The Morgan fingerprint density at radius 3 is 2.71 bits per heavy atom. The summed E-state index contributed by atoms with van der Waals surface area (Å²) in [4.78, 5) is 39.4. The van der Waals surface area contributed by atoms with Crippen molar-refractivity contribution in [3.63, 3.8) is 0 Å². The van der Waals surface area contributed by atoms with E-state index in [1.165, 1.54) is 11.8 Å². The molecule has 1 saturated heterocycles. The number of thioether (sulfide) groups is 1. The van der Waals surface area contributed by atoms with Gasteiger partial charge in [0.2, 0.25) is 5.43 Å². The SMILES string of the molecule is CCOC(=O)c1c2n(c3c(Cl)cc(F)cc3c1=O)C(C)(N1CC[C@@H](NC(=O)OC(C)(C)C)C1)S2. The van der Waals surface area contributed by atoms with Crippen molar-refractivity contribution in [2.45, 2.75) is 62.7 Å². The van der Waals surface area contributed by atoms with Crippen LogP contribution in [0.5, 0.6) is 0 Å². The van der Waals surface area contributed by atoms with Gasteiger partial charge in [-0.1, -0.05) is 23.4 Å². The first-order valence-electron chi connectivity index (χ1n) is 11.0. The fourth-order valence-corrected chi connectivity index (χ4v) is 6.14. The summed E-state index contributed by atoms with van der Waals surface area (Å²) in [5, 5.41) is 3.43. The van der Waals surface area contributed by atoms with E-state index in [-0.39, 0.29) is 28.6 Å². The molecule has 2 aliphatic heterocycles. The molecule has 0 radical (unpaired) electrons. The second kappa shape index (κ2) is 8.73. The molecule has 1 aromatic carbocycles. The molecular weight excluding hydrogens is 485 g/mol. The highest BCUT2D eigenvalue weighted by Crippen LogP contribution is 2.54. The van der Waals surface area contributed by atoms with Gasteiger partial charge in [0.25, 0.3) is 0 Å². The lowest BCUT2D eigenvalue weighted by molar-refractivity contribution is 0.0485. The van der Waals surface area contributed by atoms with Crippen LogP contribution >= 0.6 is 23.4 Å². The Balaban J connectivity index is 1.72. The third-order valence-electron chi connectivity index (χ3n) is 5.82. The molecule has 184 valence electrons. The molecule has 2 aliphatic rings. The molecule has 34 heavy (non-hydrogen) atoms. The van der Waals surface area contributed by atoms with Gasteiger partial charge in [0, 0.05) is 19.1 Å². The third-order valence-corrected chi connectivity index (χ3v) is 7.52. The first kappa shape index (κ1) is 24.8. The van der Waals surface area contributed by atoms with Crippen LogP contribution in [0.25, 0.3) is 10.9 Å². The Labute approximate surface area is 205 Å². The van der Waals surface area contributed by atoms with Crippen LogP contribution in [0.1, 0.15) is 51.4 Å². The minimum Gasteiger partial charge on any atom is -0.462 e. The van der Waals surface area contributed by atoms with Crippen molar-refractivity contribution in [3.05, 3.63) is 38.8 Å². The normalized spacial score (nSPS) is 22.3. The Hall–Kier alpha value is -2.30. The molecular formula is C23H27ClFN3O5S. The number of fused-ring (bicyclic) bond motifs is 3. The summed E-state index contributed by atoms with van der Waals surface area (Å²) >= 11 is 7.76. The van der Waals surface area contributed by atoms with Gasteiger partial charge < -0.3 is 19.4 Å². The van der Waals surface area contributed by atoms with E-state index < -0.39 is 33.9 Å². The molecule has 0 saturated carbocycles. The lowest BCUT2D eigenvalue weighted by Crippen LogP contribution is -2.53. The summed E-state index contributed by atoms with van der Waals surface area (Å²) in [6.07, 6.45) is 0.207. The number of alkyl carbamates (subject to hydrolysis) is 1. The van der Waals surface area contributed by atoms with E-state index in [1.54, 1.807) is 32.3 Å². The molecule has 3 heterocycles. The lowest BCUT2D eigenvalue weighted by atomic mass is 10.1. The monoisotopic (exact) mass is 511 g/mol. The number of halogens is 2. The van der Waals surface area contributed by atoms with Crippen LogP contribution in [0.15, 0.2) is 22.0 Å². The largest absolute Gasteiger partial charge is 0.462 e. The van der Waals surface area contributed by atoms with E-state index in [0.29, 0.717) is 30.1 Å². The predicted octanol–water partition coefficient (Wildman–Crippen LogP) is 4.31. The van der Waals surface area contributed by atoms with Gasteiger partial charge in [-0.3, -0.25) is 9.69 Å². The van der Waals surface area contributed by atoms with E-state index in [0.717, 1.165) is 12.1 Å². The van der Waals surface area contributed by atoms with Crippen molar-refractivity contribution in [3.8, 4) is 0 Å². The smallest absolute Gasteiger partial charge is 0.407 e. The third kappa shape index (κ3) is 4.27. The highest BCUT2D eigenvalue weighted by molar-refractivity contribution is 8.01. The highest BCUT2D eigenvalue weighted by atomic mass is 35.5.